The van der Waals surface area contributed by atoms with E-state index in [1.165, 1.54) is 11.3 Å². The van der Waals surface area contributed by atoms with Gasteiger partial charge in [-0.2, -0.15) is 0 Å². The molecule has 4 heteroatoms. The van der Waals surface area contributed by atoms with E-state index in [0.29, 0.717) is 11.3 Å². The summed E-state index contributed by atoms with van der Waals surface area (Å²) in [5, 5.41) is 0. The second-order valence-corrected chi connectivity index (χ2v) is 6.68. The van der Waals surface area contributed by atoms with Crippen molar-refractivity contribution >= 4 is 17.1 Å². The van der Waals surface area contributed by atoms with Gasteiger partial charge in [-0.15, -0.1) is 11.3 Å². The number of ether oxygens (including phenoxy) is 2. The second-order valence-electron chi connectivity index (χ2n) is 5.60. The number of thiophene rings is 1. The van der Waals surface area contributed by atoms with Crippen molar-refractivity contribution in [3.63, 3.8) is 0 Å². The highest BCUT2D eigenvalue weighted by Gasteiger charge is 2.10. The van der Waals surface area contributed by atoms with E-state index < -0.39 is 0 Å². The van der Waals surface area contributed by atoms with Crippen LogP contribution in [0, 0.1) is 11.8 Å². The molecule has 0 saturated carbocycles. The van der Waals surface area contributed by atoms with Gasteiger partial charge >= 0.3 is 0 Å². The number of carbonyl (C=O) groups is 1. The van der Waals surface area contributed by atoms with Crippen LogP contribution in [0.2, 0.25) is 0 Å². The molecule has 0 bridgehead atoms. The van der Waals surface area contributed by atoms with Gasteiger partial charge in [-0.3, -0.25) is 4.79 Å². The molecule has 0 amide bonds. The van der Waals surface area contributed by atoms with Crippen molar-refractivity contribution in [2.45, 2.75) is 6.42 Å². The zero-order chi connectivity index (χ0) is 18.4. The molecule has 0 aliphatic heterocycles. The number of carbonyl (C=O) groups excluding carboxylic acids is 1. The van der Waals surface area contributed by atoms with Gasteiger partial charge in [0, 0.05) is 12.0 Å². The highest BCUT2D eigenvalue weighted by Crippen LogP contribution is 2.20. The first-order chi connectivity index (χ1) is 12.7. The maximum absolute atomic E-state index is 12.5. The summed E-state index contributed by atoms with van der Waals surface area (Å²) in [6.07, 6.45) is 0.348. The lowest BCUT2D eigenvalue weighted by molar-refractivity contribution is 0.0997. The van der Waals surface area contributed by atoms with E-state index in [9.17, 15) is 4.79 Å². The Kier molecular flexibility index (Phi) is 5.73. The molecule has 0 fully saturated rings. The van der Waals surface area contributed by atoms with Crippen molar-refractivity contribution in [2.75, 3.05) is 14.2 Å². The third-order valence-corrected chi connectivity index (χ3v) is 4.82. The lowest BCUT2D eigenvalue weighted by Crippen LogP contribution is -2.01. The van der Waals surface area contributed by atoms with Crippen molar-refractivity contribution in [1.29, 1.82) is 0 Å². The van der Waals surface area contributed by atoms with Gasteiger partial charge in [0.15, 0.2) is 5.78 Å². The number of methoxy groups -OCH3 is 2. The molecular weight excluding hydrogens is 344 g/mol. The van der Waals surface area contributed by atoms with Crippen molar-refractivity contribution in [3.05, 3.63) is 81.5 Å². The number of rotatable bonds is 5. The maximum atomic E-state index is 12.5. The van der Waals surface area contributed by atoms with Gasteiger partial charge in [0.05, 0.1) is 24.0 Å². The topological polar surface area (TPSA) is 35.5 Å². The zero-order valence-corrected chi connectivity index (χ0v) is 15.4. The van der Waals surface area contributed by atoms with E-state index >= 15 is 0 Å². The molecule has 1 aromatic heterocycles. The van der Waals surface area contributed by atoms with Crippen molar-refractivity contribution in [3.8, 4) is 23.3 Å². The third-order valence-electron chi connectivity index (χ3n) is 3.78. The van der Waals surface area contributed by atoms with Gasteiger partial charge in [0.1, 0.15) is 11.5 Å². The second kappa shape index (κ2) is 8.37. The Labute approximate surface area is 157 Å². The SMILES string of the molecule is COc1cccc(C#Cc2ccc(C(=O)Cc3cccc(OC)c3)s2)c1. The molecule has 3 rings (SSSR count). The van der Waals surface area contributed by atoms with Gasteiger partial charge in [-0.05, 0) is 48.0 Å². The Morgan fingerprint density at radius 2 is 1.65 bits per heavy atom. The van der Waals surface area contributed by atoms with E-state index in [1.54, 1.807) is 14.2 Å². The minimum Gasteiger partial charge on any atom is -0.497 e. The Balaban J connectivity index is 1.71. The molecule has 26 heavy (non-hydrogen) atoms. The molecule has 0 N–H and O–H groups in total. The van der Waals surface area contributed by atoms with E-state index in [-0.39, 0.29) is 5.78 Å². The molecule has 3 nitrogen and oxygen atoms in total. The Bertz CT molecular complexity index is 976. The Morgan fingerprint density at radius 1 is 0.923 bits per heavy atom. The van der Waals surface area contributed by atoms with Gasteiger partial charge in [-0.1, -0.05) is 30.0 Å². The van der Waals surface area contributed by atoms with Crippen molar-refractivity contribution in [1.82, 2.24) is 0 Å². The first kappa shape index (κ1) is 17.8. The summed E-state index contributed by atoms with van der Waals surface area (Å²) in [7, 11) is 3.25. The highest BCUT2D eigenvalue weighted by molar-refractivity contribution is 7.14. The van der Waals surface area contributed by atoms with E-state index in [0.717, 1.165) is 27.5 Å². The average Bonchev–Trinajstić information content (AvgIpc) is 3.16. The summed E-state index contributed by atoms with van der Waals surface area (Å²) in [4.78, 5) is 14.1. The number of ketones is 1. The van der Waals surface area contributed by atoms with Crippen LogP contribution in [0.25, 0.3) is 0 Å². The molecular formula is C22H18O3S. The van der Waals surface area contributed by atoms with Crippen LogP contribution < -0.4 is 9.47 Å². The van der Waals surface area contributed by atoms with Gasteiger partial charge in [0.25, 0.3) is 0 Å². The fourth-order valence-electron chi connectivity index (χ4n) is 2.44. The van der Waals surface area contributed by atoms with Crippen LogP contribution in [-0.4, -0.2) is 20.0 Å². The minimum absolute atomic E-state index is 0.0812. The number of benzene rings is 2. The standard InChI is InChI=1S/C22H18O3S/c1-24-18-7-3-5-16(13-18)9-10-20-11-12-22(26-20)21(23)15-17-6-4-8-19(14-17)25-2/h3-8,11-14H,15H2,1-2H3. The van der Waals surface area contributed by atoms with Gasteiger partial charge in [0.2, 0.25) is 0 Å². The normalized spacial score (nSPS) is 9.92. The van der Waals surface area contributed by atoms with Crippen LogP contribution in [0.5, 0.6) is 11.5 Å². The van der Waals surface area contributed by atoms with Gasteiger partial charge in [-0.25, -0.2) is 0 Å². The summed E-state index contributed by atoms with van der Waals surface area (Å²) in [5.41, 5.74) is 1.81. The predicted octanol–water partition coefficient (Wildman–Crippen LogP) is 4.59. The van der Waals surface area contributed by atoms with Crippen LogP contribution in [0.4, 0.5) is 0 Å². The predicted molar refractivity (Wildman–Crippen MR) is 104 cm³/mol. The van der Waals surface area contributed by atoms with E-state index in [4.69, 9.17) is 9.47 Å². The van der Waals surface area contributed by atoms with Crippen LogP contribution >= 0.6 is 11.3 Å². The summed E-state index contributed by atoms with van der Waals surface area (Å²) in [5.74, 6) is 7.83. The lowest BCUT2D eigenvalue weighted by atomic mass is 10.1. The quantitative estimate of drug-likeness (QED) is 0.492. The highest BCUT2D eigenvalue weighted by atomic mass is 32.1. The van der Waals surface area contributed by atoms with Crippen LogP contribution in [0.15, 0.2) is 60.7 Å². The lowest BCUT2D eigenvalue weighted by Gasteiger charge is -2.03. The largest absolute Gasteiger partial charge is 0.497 e. The molecule has 130 valence electrons. The fourth-order valence-corrected chi connectivity index (χ4v) is 3.24. The number of hydrogen-bond donors (Lipinski definition) is 0. The summed E-state index contributed by atoms with van der Waals surface area (Å²) in [6, 6.07) is 18.9. The molecule has 0 aliphatic rings. The zero-order valence-electron chi connectivity index (χ0n) is 14.6. The molecule has 0 radical (unpaired) electrons. The molecule has 2 aromatic carbocycles. The van der Waals surface area contributed by atoms with E-state index in [1.807, 2.05) is 60.7 Å². The number of Topliss-reactive ketones (excluding diaryl/α,β-unsaturated/α-hetero) is 1. The molecule has 0 aliphatic carbocycles. The van der Waals surface area contributed by atoms with Crippen molar-refractivity contribution < 1.29 is 14.3 Å². The smallest absolute Gasteiger partial charge is 0.177 e. The van der Waals surface area contributed by atoms with Gasteiger partial charge < -0.3 is 9.47 Å². The minimum atomic E-state index is 0.0812. The van der Waals surface area contributed by atoms with Crippen molar-refractivity contribution in [2.24, 2.45) is 0 Å². The molecule has 0 atom stereocenters. The van der Waals surface area contributed by atoms with Crippen LogP contribution in [0.1, 0.15) is 25.7 Å². The van der Waals surface area contributed by atoms with E-state index in [2.05, 4.69) is 11.8 Å². The van der Waals surface area contributed by atoms with Crippen LogP contribution in [0.3, 0.4) is 0 Å². The summed E-state index contributed by atoms with van der Waals surface area (Å²) < 4.78 is 10.4. The maximum Gasteiger partial charge on any atom is 0.177 e. The Hall–Kier alpha value is -3.03. The van der Waals surface area contributed by atoms with Crippen LogP contribution in [-0.2, 0) is 6.42 Å². The number of hydrogen-bond acceptors (Lipinski definition) is 4. The third kappa shape index (κ3) is 4.53. The first-order valence-corrected chi connectivity index (χ1v) is 8.91. The fraction of sp³-hybridized carbons (Fsp3) is 0.136. The molecule has 0 spiro atoms. The summed E-state index contributed by atoms with van der Waals surface area (Å²) in [6.45, 7) is 0. The molecule has 0 unspecified atom stereocenters. The molecule has 0 saturated heterocycles. The average molecular weight is 362 g/mol. The molecule has 3 aromatic rings. The Morgan fingerprint density at radius 3 is 2.42 bits per heavy atom. The molecule has 1 heterocycles. The monoisotopic (exact) mass is 362 g/mol. The summed E-state index contributed by atoms with van der Waals surface area (Å²) >= 11 is 1.41. The first-order valence-electron chi connectivity index (χ1n) is 8.10.